The minimum atomic E-state index is -4.62. The van der Waals surface area contributed by atoms with E-state index in [1.807, 2.05) is 0 Å². The molecule has 0 aliphatic carbocycles. The molecule has 0 saturated heterocycles. The molecule has 0 amide bonds. The van der Waals surface area contributed by atoms with Gasteiger partial charge in [0.1, 0.15) is 5.69 Å². The third kappa shape index (κ3) is 3.72. The second-order valence-electron chi connectivity index (χ2n) is 4.12. The number of halogens is 4. The molecule has 110 valence electrons. The van der Waals surface area contributed by atoms with Gasteiger partial charge in [-0.1, -0.05) is 15.9 Å². The summed E-state index contributed by atoms with van der Waals surface area (Å²) >= 11 is 3.24. The van der Waals surface area contributed by atoms with Crippen LogP contribution in [0.3, 0.4) is 0 Å². The quantitative estimate of drug-likeness (QED) is 0.610. The van der Waals surface area contributed by atoms with Gasteiger partial charge >= 0.3 is 6.18 Å². The average molecular weight is 361 g/mol. The van der Waals surface area contributed by atoms with Gasteiger partial charge in [-0.2, -0.15) is 13.2 Å². The lowest BCUT2D eigenvalue weighted by Crippen LogP contribution is -2.06. The smallest absolute Gasteiger partial charge is 0.350 e. The van der Waals surface area contributed by atoms with E-state index in [0.717, 1.165) is 16.6 Å². The van der Waals surface area contributed by atoms with Crippen LogP contribution in [0.4, 0.5) is 30.2 Å². The van der Waals surface area contributed by atoms with Crippen molar-refractivity contribution in [1.29, 1.82) is 0 Å². The predicted octanol–water partition coefficient (Wildman–Crippen LogP) is 5.12. The van der Waals surface area contributed by atoms with Gasteiger partial charge < -0.3 is 5.32 Å². The normalized spacial score (nSPS) is 11.2. The van der Waals surface area contributed by atoms with Crippen molar-refractivity contribution < 1.29 is 18.1 Å². The van der Waals surface area contributed by atoms with E-state index in [9.17, 15) is 23.3 Å². The lowest BCUT2D eigenvalue weighted by atomic mass is 10.1. The van der Waals surface area contributed by atoms with E-state index < -0.39 is 22.4 Å². The number of benzene rings is 2. The molecule has 0 bridgehead atoms. The Morgan fingerprint density at radius 2 is 1.71 bits per heavy atom. The maximum absolute atomic E-state index is 12.6. The van der Waals surface area contributed by atoms with Crippen LogP contribution in [0.2, 0.25) is 0 Å². The van der Waals surface area contributed by atoms with Crippen molar-refractivity contribution in [3.63, 3.8) is 0 Å². The number of nitro groups is 1. The lowest BCUT2D eigenvalue weighted by Gasteiger charge is -2.10. The van der Waals surface area contributed by atoms with Gasteiger partial charge in [0.25, 0.3) is 5.69 Å². The summed E-state index contributed by atoms with van der Waals surface area (Å²) < 4.78 is 38.6. The van der Waals surface area contributed by atoms with Gasteiger partial charge in [0.05, 0.1) is 10.5 Å². The number of hydrogen-bond donors (Lipinski definition) is 1. The molecule has 0 spiro atoms. The van der Waals surface area contributed by atoms with Crippen LogP contribution in [0.1, 0.15) is 5.56 Å². The number of alkyl halides is 3. The van der Waals surface area contributed by atoms with Crippen molar-refractivity contribution in [3.05, 3.63) is 62.6 Å². The molecule has 0 aromatic heterocycles. The highest BCUT2D eigenvalue weighted by Gasteiger charge is 2.33. The molecule has 0 fully saturated rings. The monoisotopic (exact) mass is 360 g/mol. The van der Waals surface area contributed by atoms with Crippen LogP contribution in [-0.4, -0.2) is 4.92 Å². The van der Waals surface area contributed by atoms with Crippen LogP contribution in [0, 0.1) is 10.1 Å². The van der Waals surface area contributed by atoms with Crippen molar-refractivity contribution in [3.8, 4) is 0 Å². The van der Waals surface area contributed by atoms with E-state index in [-0.39, 0.29) is 5.69 Å². The van der Waals surface area contributed by atoms with Crippen molar-refractivity contribution in [2.45, 2.75) is 6.18 Å². The van der Waals surface area contributed by atoms with E-state index in [1.54, 1.807) is 24.3 Å². The van der Waals surface area contributed by atoms with E-state index in [2.05, 4.69) is 21.2 Å². The number of rotatable bonds is 3. The summed E-state index contributed by atoms with van der Waals surface area (Å²) in [6.07, 6.45) is -4.62. The summed E-state index contributed by atoms with van der Waals surface area (Å²) in [7, 11) is 0. The summed E-state index contributed by atoms with van der Waals surface area (Å²) in [6.45, 7) is 0. The number of nitrogens with one attached hydrogen (secondary N) is 1. The maximum atomic E-state index is 12.6. The second-order valence-corrected chi connectivity index (χ2v) is 5.03. The zero-order valence-corrected chi connectivity index (χ0v) is 11.9. The van der Waals surface area contributed by atoms with E-state index in [1.165, 1.54) is 0 Å². The molecular weight excluding hydrogens is 353 g/mol. The fourth-order valence-corrected chi connectivity index (χ4v) is 1.92. The molecule has 2 aromatic carbocycles. The fraction of sp³-hybridized carbons (Fsp3) is 0.0769. The Kier molecular flexibility index (Phi) is 4.17. The number of anilines is 2. The van der Waals surface area contributed by atoms with Crippen LogP contribution < -0.4 is 5.32 Å². The SMILES string of the molecule is O=[N+]([O-])c1cc(C(F)(F)F)ccc1Nc1ccc(Br)cc1. The predicted molar refractivity (Wildman–Crippen MR) is 75.5 cm³/mol. The van der Waals surface area contributed by atoms with Crippen molar-refractivity contribution in [2.75, 3.05) is 5.32 Å². The van der Waals surface area contributed by atoms with Gasteiger partial charge in [-0.15, -0.1) is 0 Å². The van der Waals surface area contributed by atoms with Crippen molar-refractivity contribution in [2.24, 2.45) is 0 Å². The molecule has 21 heavy (non-hydrogen) atoms. The Morgan fingerprint density at radius 1 is 1.10 bits per heavy atom. The first-order valence-corrected chi connectivity index (χ1v) is 6.45. The van der Waals surface area contributed by atoms with Crippen LogP contribution in [0.5, 0.6) is 0 Å². The lowest BCUT2D eigenvalue weighted by molar-refractivity contribution is -0.384. The third-order valence-electron chi connectivity index (χ3n) is 2.64. The largest absolute Gasteiger partial charge is 0.416 e. The van der Waals surface area contributed by atoms with E-state index >= 15 is 0 Å². The van der Waals surface area contributed by atoms with Crippen LogP contribution in [0.15, 0.2) is 46.9 Å². The van der Waals surface area contributed by atoms with Gasteiger partial charge in [-0.05, 0) is 36.4 Å². The summed E-state index contributed by atoms with van der Waals surface area (Å²) in [4.78, 5) is 10.1. The number of hydrogen-bond acceptors (Lipinski definition) is 3. The molecule has 4 nitrogen and oxygen atoms in total. The zero-order valence-electron chi connectivity index (χ0n) is 10.3. The fourth-order valence-electron chi connectivity index (χ4n) is 1.65. The first kappa shape index (κ1) is 15.3. The number of nitrogens with zero attached hydrogens (tertiary/aromatic N) is 1. The molecule has 0 aliphatic heterocycles. The molecule has 2 rings (SSSR count). The highest BCUT2D eigenvalue weighted by molar-refractivity contribution is 9.10. The van der Waals surface area contributed by atoms with Crippen LogP contribution in [0.25, 0.3) is 0 Å². The number of nitro benzene ring substituents is 1. The van der Waals surface area contributed by atoms with Gasteiger partial charge in [-0.25, -0.2) is 0 Å². The molecule has 1 N–H and O–H groups in total. The first-order valence-electron chi connectivity index (χ1n) is 5.65. The highest BCUT2D eigenvalue weighted by atomic mass is 79.9. The Bertz CT molecular complexity index is 672. The zero-order chi connectivity index (χ0) is 15.6. The molecular formula is C13H8BrF3N2O2. The van der Waals surface area contributed by atoms with Crippen LogP contribution in [-0.2, 0) is 6.18 Å². The molecule has 0 radical (unpaired) electrons. The third-order valence-corrected chi connectivity index (χ3v) is 3.17. The Balaban J connectivity index is 2.39. The molecule has 0 saturated carbocycles. The summed E-state index contributed by atoms with van der Waals surface area (Å²) in [5.74, 6) is 0. The molecule has 0 heterocycles. The van der Waals surface area contributed by atoms with Crippen molar-refractivity contribution >= 4 is 33.0 Å². The van der Waals surface area contributed by atoms with Gasteiger partial charge in [0, 0.05) is 16.2 Å². The standard InChI is InChI=1S/C13H8BrF3N2O2/c14-9-2-4-10(5-3-9)18-11-6-1-8(13(15,16)17)7-12(11)19(20)21/h1-7,18H. The van der Waals surface area contributed by atoms with Crippen LogP contribution >= 0.6 is 15.9 Å². The molecule has 2 aromatic rings. The van der Waals surface area contributed by atoms with E-state index in [4.69, 9.17) is 0 Å². The molecule has 8 heteroatoms. The van der Waals surface area contributed by atoms with Gasteiger partial charge in [-0.3, -0.25) is 10.1 Å². The minimum Gasteiger partial charge on any atom is -0.350 e. The van der Waals surface area contributed by atoms with Crippen molar-refractivity contribution in [1.82, 2.24) is 0 Å². The maximum Gasteiger partial charge on any atom is 0.416 e. The molecule has 0 unspecified atom stereocenters. The average Bonchev–Trinajstić information content (AvgIpc) is 2.40. The van der Waals surface area contributed by atoms with Gasteiger partial charge in [0.15, 0.2) is 0 Å². The Morgan fingerprint density at radius 3 is 2.24 bits per heavy atom. The molecule has 0 atom stereocenters. The summed E-state index contributed by atoms with van der Waals surface area (Å²) in [6, 6.07) is 9.06. The Hall–Kier alpha value is -2.09. The highest BCUT2D eigenvalue weighted by Crippen LogP contribution is 2.36. The topological polar surface area (TPSA) is 55.2 Å². The Labute approximate surface area is 125 Å². The summed E-state index contributed by atoms with van der Waals surface area (Å²) in [5.41, 5.74) is -1.17. The first-order chi connectivity index (χ1) is 9.77. The minimum absolute atomic E-state index is 0.00433. The summed E-state index contributed by atoms with van der Waals surface area (Å²) in [5, 5.41) is 13.7. The van der Waals surface area contributed by atoms with Gasteiger partial charge in [0.2, 0.25) is 0 Å². The van der Waals surface area contributed by atoms with E-state index in [0.29, 0.717) is 11.8 Å². The second kappa shape index (κ2) is 5.72. The molecule has 0 aliphatic rings.